The van der Waals surface area contributed by atoms with Crippen molar-refractivity contribution in [1.82, 2.24) is 4.90 Å². The molecule has 0 amide bonds. The Balaban J connectivity index is 1.97. The fraction of sp³-hybridized carbons (Fsp3) is 0.667. The molecular weight excluding hydrogens is 244 g/mol. The van der Waals surface area contributed by atoms with E-state index in [1.165, 1.54) is 18.5 Å². The fourth-order valence-electron chi connectivity index (χ4n) is 3.00. The summed E-state index contributed by atoms with van der Waals surface area (Å²) < 4.78 is 0. The average Bonchev–Trinajstić information content (AvgIpc) is 2.38. The third-order valence-electron chi connectivity index (χ3n) is 4.34. The minimum Gasteiger partial charge on any atom is -0.328 e. The Morgan fingerprint density at radius 3 is 2.55 bits per heavy atom. The first-order chi connectivity index (χ1) is 9.44. The van der Waals surface area contributed by atoms with Crippen molar-refractivity contribution in [1.29, 1.82) is 0 Å². The van der Waals surface area contributed by atoms with Gasteiger partial charge in [0.25, 0.3) is 0 Å². The van der Waals surface area contributed by atoms with Gasteiger partial charge in [-0.05, 0) is 49.8 Å². The third kappa shape index (κ3) is 4.92. The summed E-state index contributed by atoms with van der Waals surface area (Å²) in [6.07, 6.45) is 4.68. The highest BCUT2D eigenvalue weighted by atomic mass is 15.2. The van der Waals surface area contributed by atoms with Crippen molar-refractivity contribution in [2.24, 2.45) is 11.1 Å². The molecule has 1 aromatic rings. The van der Waals surface area contributed by atoms with Crippen LogP contribution in [0.1, 0.15) is 45.6 Å². The van der Waals surface area contributed by atoms with Crippen molar-refractivity contribution in [2.45, 2.75) is 58.5 Å². The molecule has 2 unspecified atom stereocenters. The Morgan fingerprint density at radius 1 is 1.20 bits per heavy atom. The molecule has 2 heteroatoms. The molecule has 2 rings (SSSR count). The molecule has 0 aromatic heterocycles. The van der Waals surface area contributed by atoms with E-state index >= 15 is 0 Å². The monoisotopic (exact) mass is 274 g/mol. The van der Waals surface area contributed by atoms with Crippen molar-refractivity contribution < 1.29 is 0 Å². The van der Waals surface area contributed by atoms with E-state index in [0.717, 1.165) is 25.8 Å². The number of nitrogens with zero attached hydrogens (tertiary/aromatic N) is 1. The highest BCUT2D eigenvalue weighted by Crippen LogP contribution is 2.24. The zero-order valence-corrected chi connectivity index (χ0v) is 13.3. The van der Waals surface area contributed by atoms with Gasteiger partial charge in [0, 0.05) is 12.1 Å². The van der Waals surface area contributed by atoms with E-state index in [1.54, 1.807) is 0 Å². The van der Waals surface area contributed by atoms with Gasteiger partial charge in [-0.3, -0.25) is 4.90 Å². The summed E-state index contributed by atoms with van der Waals surface area (Å²) in [7, 11) is 0. The molecule has 0 saturated carbocycles. The first-order valence-corrected chi connectivity index (χ1v) is 7.97. The van der Waals surface area contributed by atoms with E-state index in [2.05, 4.69) is 56.0 Å². The van der Waals surface area contributed by atoms with Crippen LogP contribution in [0.15, 0.2) is 30.3 Å². The Bertz CT molecular complexity index is 394. The van der Waals surface area contributed by atoms with Crippen molar-refractivity contribution in [3.63, 3.8) is 0 Å². The summed E-state index contributed by atoms with van der Waals surface area (Å²) in [6.45, 7) is 9.35. The van der Waals surface area contributed by atoms with E-state index in [4.69, 9.17) is 5.73 Å². The molecule has 0 spiro atoms. The van der Waals surface area contributed by atoms with Crippen LogP contribution in [-0.2, 0) is 6.42 Å². The van der Waals surface area contributed by atoms with Gasteiger partial charge >= 0.3 is 0 Å². The Labute approximate surface area is 124 Å². The van der Waals surface area contributed by atoms with E-state index < -0.39 is 0 Å². The Morgan fingerprint density at radius 2 is 1.90 bits per heavy atom. The summed E-state index contributed by atoms with van der Waals surface area (Å²) in [6, 6.07) is 11.8. The lowest BCUT2D eigenvalue weighted by molar-refractivity contribution is 0.119. The number of hydrogen-bond donors (Lipinski definition) is 1. The number of nitrogens with two attached hydrogens (primary N) is 1. The van der Waals surface area contributed by atoms with Crippen LogP contribution >= 0.6 is 0 Å². The molecule has 112 valence electrons. The summed E-state index contributed by atoms with van der Waals surface area (Å²) >= 11 is 0. The lowest BCUT2D eigenvalue weighted by atomic mass is 9.89. The van der Waals surface area contributed by atoms with Crippen LogP contribution in [0.5, 0.6) is 0 Å². The number of benzene rings is 1. The predicted molar refractivity (Wildman–Crippen MR) is 86.8 cm³/mol. The molecular formula is C18H30N2. The Hall–Kier alpha value is -0.860. The predicted octanol–water partition coefficient (Wildman–Crippen LogP) is 3.46. The maximum absolute atomic E-state index is 6.20. The van der Waals surface area contributed by atoms with Gasteiger partial charge in [0.2, 0.25) is 0 Å². The van der Waals surface area contributed by atoms with Crippen LogP contribution in [0.3, 0.4) is 0 Å². The van der Waals surface area contributed by atoms with Gasteiger partial charge in [0.05, 0.1) is 0 Å². The lowest BCUT2D eigenvalue weighted by Gasteiger charge is -2.39. The van der Waals surface area contributed by atoms with Crippen LogP contribution in [-0.4, -0.2) is 30.1 Å². The van der Waals surface area contributed by atoms with Crippen molar-refractivity contribution >= 4 is 0 Å². The summed E-state index contributed by atoms with van der Waals surface area (Å²) in [5, 5.41) is 0. The van der Waals surface area contributed by atoms with Gasteiger partial charge in [0.15, 0.2) is 0 Å². The SMILES string of the molecule is CC(C)(C)CCN1CCC(N)CC1Cc1ccccc1. The van der Waals surface area contributed by atoms with E-state index in [0.29, 0.717) is 17.5 Å². The second-order valence-electron chi connectivity index (χ2n) is 7.47. The van der Waals surface area contributed by atoms with Crippen molar-refractivity contribution in [3.05, 3.63) is 35.9 Å². The van der Waals surface area contributed by atoms with E-state index in [-0.39, 0.29) is 0 Å². The summed E-state index contributed by atoms with van der Waals surface area (Å²) in [4.78, 5) is 2.67. The van der Waals surface area contributed by atoms with Crippen LogP contribution in [0, 0.1) is 5.41 Å². The van der Waals surface area contributed by atoms with Gasteiger partial charge < -0.3 is 5.73 Å². The van der Waals surface area contributed by atoms with Crippen LogP contribution < -0.4 is 5.73 Å². The molecule has 0 bridgehead atoms. The normalized spacial score (nSPS) is 24.8. The second-order valence-corrected chi connectivity index (χ2v) is 7.47. The standard InChI is InChI=1S/C18H30N2/c1-18(2,3)10-12-20-11-9-16(19)14-17(20)13-15-7-5-4-6-8-15/h4-8,16-17H,9-14,19H2,1-3H3. The van der Waals surface area contributed by atoms with E-state index in [9.17, 15) is 0 Å². The number of likely N-dealkylation sites (tertiary alicyclic amines) is 1. The molecule has 2 atom stereocenters. The zero-order valence-electron chi connectivity index (χ0n) is 13.3. The minimum absolute atomic E-state index is 0.384. The summed E-state index contributed by atoms with van der Waals surface area (Å²) in [5.41, 5.74) is 8.05. The third-order valence-corrected chi connectivity index (χ3v) is 4.34. The van der Waals surface area contributed by atoms with Gasteiger partial charge in [0.1, 0.15) is 0 Å². The van der Waals surface area contributed by atoms with Crippen LogP contribution in [0.25, 0.3) is 0 Å². The maximum Gasteiger partial charge on any atom is 0.0150 e. The molecule has 1 heterocycles. The van der Waals surface area contributed by atoms with Crippen LogP contribution in [0.4, 0.5) is 0 Å². The minimum atomic E-state index is 0.384. The molecule has 1 aliphatic heterocycles. The summed E-state index contributed by atoms with van der Waals surface area (Å²) in [5.74, 6) is 0. The molecule has 0 radical (unpaired) electrons. The molecule has 2 nitrogen and oxygen atoms in total. The highest BCUT2D eigenvalue weighted by Gasteiger charge is 2.27. The number of piperidine rings is 1. The van der Waals surface area contributed by atoms with Gasteiger partial charge in [-0.25, -0.2) is 0 Å². The van der Waals surface area contributed by atoms with Crippen molar-refractivity contribution in [2.75, 3.05) is 13.1 Å². The zero-order chi connectivity index (χ0) is 14.6. The highest BCUT2D eigenvalue weighted by molar-refractivity contribution is 5.16. The topological polar surface area (TPSA) is 29.3 Å². The molecule has 20 heavy (non-hydrogen) atoms. The maximum atomic E-state index is 6.20. The van der Waals surface area contributed by atoms with Crippen LogP contribution in [0.2, 0.25) is 0 Å². The number of rotatable bonds is 4. The van der Waals surface area contributed by atoms with Gasteiger partial charge in [-0.2, -0.15) is 0 Å². The smallest absolute Gasteiger partial charge is 0.0150 e. The molecule has 1 saturated heterocycles. The largest absolute Gasteiger partial charge is 0.328 e. The molecule has 2 N–H and O–H groups in total. The van der Waals surface area contributed by atoms with Crippen molar-refractivity contribution in [3.8, 4) is 0 Å². The first-order valence-electron chi connectivity index (χ1n) is 7.97. The van der Waals surface area contributed by atoms with E-state index in [1.807, 2.05) is 0 Å². The molecule has 1 aromatic carbocycles. The van der Waals surface area contributed by atoms with Gasteiger partial charge in [-0.1, -0.05) is 51.1 Å². The second kappa shape index (κ2) is 6.73. The number of hydrogen-bond acceptors (Lipinski definition) is 2. The lowest BCUT2D eigenvalue weighted by Crippen LogP contribution is -2.48. The average molecular weight is 274 g/mol. The molecule has 0 aliphatic carbocycles. The quantitative estimate of drug-likeness (QED) is 0.911. The van der Waals surface area contributed by atoms with Gasteiger partial charge in [-0.15, -0.1) is 0 Å². The first kappa shape index (κ1) is 15.5. The molecule has 1 aliphatic rings. The molecule has 1 fully saturated rings. The fourth-order valence-corrected chi connectivity index (χ4v) is 3.00. The Kier molecular flexibility index (Phi) is 5.22.